The van der Waals surface area contributed by atoms with Crippen LogP contribution in [0.25, 0.3) is 0 Å². The molecule has 2 atom stereocenters. The molecule has 1 fully saturated rings. The van der Waals surface area contributed by atoms with Crippen molar-refractivity contribution in [1.29, 1.82) is 0 Å². The van der Waals surface area contributed by atoms with Gasteiger partial charge in [-0.2, -0.15) is 0 Å². The number of nitrogens with one attached hydrogen (secondary N) is 1. The van der Waals surface area contributed by atoms with Crippen LogP contribution in [0.4, 0.5) is 0 Å². The summed E-state index contributed by atoms with van der Waals surface area (Å²) >= 11 is 0. The molecule has 1 aliphatic rings. The molecule has 0 aliphatic carbocycles. The molecule has 1 saturated heterocycles. The number of rotatable bonds is 5. The van der Waals surface area contributed by atoms with Gasteiger partial charge in [0.05, 0.1) is 6.04 Å². The van der Waals surface area contributed by atoms with Crippen molar-refractivity contribution >= 4 is 5.91 Å². The van der Waals surface area contributed by atoms with Crippen LogP contribution in [0, 0.1) is 19.3 Å². The van der Waals surface area contributed by atoms with E-state index < -0.39 is 0 Å². The van der Waals surface area contributed by atoms with Gasteiger partial charge in [0, 0.05) is 6.61 Å². The molecule has 0 aromatic heterocycles. The Morgan fingerprint density at radius 3 is 2.52 bits per heavy atom. The van der Waals surface area contributed by atoms with Crippen LogP contribution >= 0.6 is 0 Å². The number of amides is 1. The molecular weight excluding hydrogens is 290 g/mol. The first-order chi connectivity index (χ1) is 10.8. The molecule has 1 aromatic carbocycles. The van der Waals surface area contributed by atoms with Crippen LogP contribution in [-0.4, -0.2) is 31.3 Å². The molecule has 128 valence electrons. The molecule has 1 N–H and O–H groups in total. The number of ether oxygens (including phenoxy) is 2. The quantitative estimate of drug-likeness (QED) is 0.905. The van der Waals surface area contributed by atoms with Crippen molar-refractivity contribution in [3.63, 3.8) is 0 Å². The first-order valence-electron chi connectivity index (χ1n) is 8.40. The van der Waals surface area contributed by atoms with E-state index in [4.69, 9.17) is 9.47 Å². The summed E-state index contributed by atoms with van der Waals surface area (Å²) < 4.78 is 11.5. The second kappa shape index (κ2) is 7.35. The zero-order chi connectivity index (χ0) is 17.0. The average Bonchev–Trinajstić information content (AvgIpc) is 2.98. The van der Waals surface area contributed by atoms with Gasteiger partial charge in [-0.3, -0.25) is 4.79 Å². The maximum Gasteiger partial charge on any atom is 0.249 e. The Kier molecular flexibility index (Phi) is 5.69. The molecule has 0 bridgehead atoms. The Morgan fingerprint density at radius 1 is 1.35 bits per heavy atom. The number of carbonyl (C=O) groups is 1. The van der Waals surface area contributed by atoms with Gasteiger partial charge >= 0.3 is 0 Å². The zero-order valence-corrected chi connectivity index (χ0v) is 14.9. The van der Waals surface area contributed by atoms with E-state index in [-0.39, 0.29) is 23.5 Å². The Hall–Kier alpha value is -1.55. The second-order valence-electron chi connectivity index (χ2n) is 7.46. The predicted molar refractivity (Wildman–Crippen MR) is 91.8 cm³/mol. The Balaban J connectivity index is 2.03. The van der Waals surface area contributed by atoms with E-state index in [1.807, 2.05) is 32.0 Å². The van der Waals surface area contributed by atoms with Crippen LogP contribution < -0.4 is 10.1 Å². The van der Waals surface area contributed by atoms with Crippen LogP contribution in [0.2, 0.25) is 0 Å². The fourth-order valence-corrected chi connectivity index (χ4v) is 2.75. The molecule has 1 aliphatic heterocycles. The van der Waals surface area contributed by atoms with Gasteiger partial charge in [-0.25, -0.2) is 0 Å². The summed E-state index contributed by atoms with van der Waals surface area (Å²) in [6, 6.07) is 6.04. The lowest BCUT2D eigenvalue weighted by Gasteiger charge is -2.32. The number of hydrogen-bond acceptors (Lipinski definition) is 3. The molecule has 2 rings (SSSR count). The lowest BCUT2D eigenvalue weighted by atomic mass is 9.87. The van der Waals surface area contributed by atoms with Gasteiger partial charge in [-0.15, -0.1) is 0 Å². The highest BCUT2D eigenvalue weighted by Crippen LogP contribution is 2.25. The van der Waals surface area contributed by atoms with Gasteiger partial charge < -0.3 is 14.8 Å². The molecule has 23 heavy (non-hydrogen) atoms. The molecule has 1 heterocycles. The summed E-state index contributed by atoms with van der Waals surface area (Å²) in [6.45, 7) is 11.5. The van der Waals surface area contributed by atoms with Crippen LogP contribution in [0.5, 0.6) is 5.75 Å². The third kappa shape index (κ3) is 4.71. The van der Waals surface area contributed by atoms with Crippen LogP contribution in [-0.2, 0) is 9.53 Å². The van der Waals surface area contributed by atoms with Crippen molar-refractivity contribution in [3.8, 4) is 5.75 Å². The third-order valence-corrected chi connectivity index (χ3v) is 4.39. The molecular formula is C19H29NO3. The summed E-state index contributed by atoms with van der Waals surface area (Å²) in [5, 5.41) is 3.12. The number of aryl methyl sites for hydroxylation is 2. The minimum atomic E-state index is -0.306. The minimum Gasteiger partial charge on any atom is -0.491 e. The van der Waals surface area contributed by atoms with E-state index in [1.165, 1.54) is 0 Å². The zero-order valence-electron chi connectivity index (χ0n) is 14.9. The fraction of sp³-hybridized carbons (Fsp3) is 0.632. The van der Waals surface area contributed by atoms with Crippen LogP contribution in [0.1, 0.15) is 44.7 Å². The summed E-state index contributed by atoms with van der Waals surface area (Å²) in [5.74, 6) is 0.889. The molecule has 1 aromatic rings. The van der Waals surface area contributed by atoms with Gasteiger partial charge in [0.15, 0.2) is 0 Å². The fourth-order valence-electron chi connectivity index (χ4n) is 2.75. The van der Waals surface area contributed by atoms with Crippen molar-refractivity contribution in [2.24, 2.45) is 5.41 Å². The summed E-state index contributed by atoms with van der Waals surface area (Å²) in [4.78, 5) is 12.4. The molecule has 0 saturated carbocycles. The van der Waals surface area contributed by atoms with Gasteiger partial charge in [0.25, 0.3) is 0 Å². The lowest BCUT2D eigenvalue weighted by Crippen LogP contribution is -2.50. The normalized spacial score (nSPS) is 19.4. The molecule has 0 radical (unpaired) electrons. The van der Waals surface area contributed by atoms with Crippen LogP contribution in [0.3, 0.4) is 0 Å². The molecule has 0 spiro atoms. The monoisotopic (exact) mass is 319 g/mol. The van der Waals surface area contributed by atoms with E-state index in [2.05, 4.69) is 26.1 Å². The highest BCUT2D eigenvalue weighted by atomic mass is 16.5. The Bertz CT molecular complexity index is 522. The van der Waals surface area contributed by atoms with Crippen molar-refractivity contribution in [2.45, 2.75) is 59.6 Å². The Labute approximate surface area is 139 Å². The number of hydrogen-bond donors (Lipinski definition) is 1. The van der Waals surface area contributed by atoms with Gasteiger partial charge in [0.2, 0.25) is 5.91 Å². The van der Waals surface area contributed by atoms with E-state index >= 15 is 0 Å². The van der Waals surface area contributed by atoms with E-state index in [9.17, 15) is 4.79 Å². The molecule has 1 amide bonds. The maximum atomic E-state index is 12.4. The second-order valence-corrected chi connectivity index (χ2v) is 7.46. The Morgan fingerprint density at radius 2 is 2.00 bits per heavy atom. The first kappa shape index (κ1) is 17.8. The number of para-hydroxylation sites is 1. The SMILES string of the molecule is Cc1cccc(C)c1OC[C@@H](NC(=O)[C@H]1CCCO1)C(C)(C)C. The van der Waals surface area contributed by atoms with E-state index in [0.717, 1.165) is 29.7 Å². The van der Waals surface area contributed by atoms with Gasteiger partial charge in [0.1, 0.15) is 18.5 Å². The van der Waals surface area contributed by atoms with Crippen molar-refractivity contribution in [3.05, 3.63) is 29.3 Å². The van der Waals surface area contributed by atoms with Crippen LogP contribution in [0.15, 0.2) is 18.2 Å². The van der Waals surface area contributed by atoms with E-state index in [0.29, 0.717) is 13.2 Å². The van der Waals surface area contributed by atoms with Crippen molar-refractivity contribution < 1.29 is 14.3 Å². The lowest BCUT2D eigenvalue weighted by molar-refractivity contribution is -0.131. The first-order valence-corrected chi connectivity index (χ1v) is 8.40. The van der Waals surface area contributed by atoms with Gasteiger partial charge in [-0.05, 0) is 43.2 Å². The molecule has 0 unspecified atom stereocenters. The number of carbonyl (C=O) groups excluding carboxylic acids is 1. The van der Waals surface area contributed by atoms with E-state index in [1.54, 1.807) is 0 Å². The third-order valence-electron chi connectivity index (χ3n) is 4.39. The highest BCUT2D eigenvalue weighted by Gasteiger charge is 2.31. The molecule has 4 heteroatoms. The minimum absolute atomic E-state index is 0.0208. The topological polar surface area (TPSA) is 47.6 Å². The predicted octanol–water partition coefficient (Wildman–Crippen LogP) is 3.39. The largest absolute Gasteiger partial charge is 0.491 e. The molecule has 4 nitrogen and oxygen atoms in total. The standard InChI is InChI=1S/C19H29NO3/c1-13-8-6-9-14(2)17(13)23-12-16(19(3,4)5)20-18(21)15-10-7-11-22-15/h6,8-9,15-16H,7,10-12H2,1-5H3,(H,20,21)/t15-,16-/m1/s1. The summed E-state index contributed by atoms with van der Waals surface area (Å²) in [5.41, 5.74) is 2.14. The van der Waals surface area contributed by atoms with Crippen molar-refractivity contribution in [2.75, 3.05) is 13.2 Å². The maximum absolute atomic E-state index is 12.4. The number of benzene rings is 1. The smallest absolute Gasteiger partial charge is 0.249 e. The highest BCUT2D eigenvalue weighted by molar-refractivity contribution is 5.81. The summed E-state index contributed by atoms with van der Waals surface area (Å²) in [6.07, 6.45) is 1.46. The summed E-state index contributed by atoms with van der Waals surface area (Å²) in [7, 11) is 0. The van der Waals surface area contributed by atoms with Gasteiger partial charge in [-0.1, -0.05) is 39.0 Å². The average molecular weight is 319 g/mol. The van der Waals surface area contributed by atoms with Crippen molar-refractivity contribution in [1.82, 2.24) is 5.32 Å².